The van der Waals surface area contributed by atoms with E-state index in [1.54, 1.807) is 31.1 Å². The lowest BCUT2D eigenvalue weighted by Gasteiger charge is -2.16. The highest BCUT2D eigenvalue weighted by Gasteiger charge is 2.30. The van der Waals surface area contributed by atoms with Crippen LogP contribution in [0.3, 0.4) is 0 Å². The molecule has 5 heterocycles. The van der Waals surface area contributed by atoms with E-state index in [0.29, 0.717) is 54.1 Å². The molecule has 1 amide bonds. The molecule has 5 rings (SSSR count). The summed E-state index contributed by atoms with van der Waals surface area (Å²) in [5, 5.41) is 3.47. The number of nitrogens with zero attached hydrogens (tertiary/aromatic N) is 8. The zero-order chi connectivity index (χ0) is 23.1. The minimum Gasteiger partial charge on any atom is -0.445 e. The zero-order valence-corrected chi connectivity index (χ0v) is 19.0. The van der Waals surface area contributed by atoms with Crippen LogP contribution in [-0.4, -0.2) is 64.4 Å². The van der Waals surface area contributed by atoms with Crippen LogP contribution in [0, 0.1) is 20.8 Å². The van der Waals surface area contributed by atoms with Crippen molar-refractivity contribution in [2.24, 2.45) is 0 Å². The molecule has 0 radical (unpaired) electrons. The second kappa shape index (κ2) is 8.23. The molecule has 4 aromatic rings. The SMILES string of the molecule is CCn1c(-c2cnc(C)nc2)nc2c(N[C@H]3CCN(C(=O)c4nc(C)oc4C)C3)ncnc21. The Balaban J connectivity index is 1.40. The lowest BCUT2D eigenvalue weighted by molar-refractivity contribution is 0.0784. The lowest BCUT2D eigenvalue weighted by atomic mass is 10.2. The van der Waals surface area contributed by atoms with Gasteiger partial charge in [-0.25, -0.2) is 29.9 Å². The van der Waals surface area contributed by atoms with E-state index in [9.17, 15) is 4.79 Å². The van der Waals surface area contributed by atoms with Gasteiger partial charge in [0, 0.05) is 45.0 Å². The van der Waals surface area contributed by atoms with Crippen molar-refractivity contribution in [3.63, 3.8) is 0 Å². The highest BCUT2D eigenvalue weighted by molar-refractivity contribution is 5.93. The van der Waals surface area contributed by atoms with Gasteiger partial charge in [0.15, 0.2) is 28.6 Å². The summed E-state index contributed by atoms with van der Waals surface area (Å²) in [6, 6.07) is 0.0401. The molecule has 1 atom stereocenters. The molecule has 0 unspecified atom stereocenters. The molecule has 1 aliphatic rings. The Morgan fingerprint density at radius 3 is 2.64 bits per heavy atom. The maximum absolute atomic E-state index is 12.9. The van der Waals surface area contributed by atoms with Crippen molar-refractivity contribution in [3.05, 3.63) is 41.9 Å². The molecule has 1 aliphatic heterocycles. The van der Waals surface area contributed by atoms with Crippen molar-refractivity contribution >= 4 is 22.9 Å². The molecule has 1 fully saturated rings. The molecule has 4 aromatic heterocycles. The third-order valence-corrected chi connectivity index (χ3v) is 5.81. The van der Waals surface area contributed by atoms with Gasteiger partial charge in [0.1, 0.15) is 23.7 Å². The molecule has 0 bridgehead atoms. The number of carbonyl (C=O) groups excluding carboxylic acids is 1. The van der Waals surface area contributed by atoms with E-state index < -0.39 is 0 Å². The summed E-state index contributed by atoms with van der Waals surface area (Å²) in [6.45, 7) is 9.26. The first-order valence-electron chi connectivity index (χ1n) is 10.9. The molecular formula is C22H25N9O2. The summed E-state index contributed by atoms with van der Waals surface area (Å²) in [5.41, 5.74) is 2.62. The first-order valence-corrected chi connectivity index (χ1v) is 10.9. The van der Waals surface area contributed by atoms with Gasteiger partial charge in [0.05, 0.1) is 5.56 Å². The Bertz CT molecular complexity index is 1330. The third-order valence-electron chi connectivity index (χ3n) is 5.81. The highest BCUT2D eigenvalue weighted by atomic mass is 16.4. The number of likely N-dealkylation sites (tertiary alicyclic amines) is 1. The van der Waals surface area contributed by atoms with E-state index in [1.165, 1.54) is 6.33 Å². The molecule has 0 aliphatic carbocycles. The maximum atomic E-state index is 12.9. The van der Waals surface area contributed by atoms with Crippen molar-refractivity contribution in [2.75, 3.05) is 18.4 Å². The van der Waals surface area contributed by atoms with Crippen LogP contribution in [0.1, 0.15) is 41.3 Å². The van der Waals surface area contributed by atoms with E-state index in [4.69, 9.17) is 9.40 Å². The monoisotopic (exact) mass is 447 g/mol. The van der Waals surface area contributed by atoms with Gasteiger partial charge in [-0.3, -0.25) is 4.79 Å². The van der Waals surface area contributed by atoms with Crippen LogP contribution in [0.2, 0.25) is 0 Å². The number of nitrogens with one attached hydrogen (secondary N) is 1. The summed E-state index contributed by atoms with van der Waals surface area (Å²) in [6.07, 6.45) is 5.86. The Morgan fingerprint density at radius 2 is 1.94 bits per heavy atom. The highest BCUT2D eigenvalue weighted by Crippen LogP contribution is 2.27. The molecule has 33 heavy (non-hydrogen) atoms. The molecule has 0 spiro atoms. The average molecular weight is 448 g/mol. The molecule has 0 aromatic carbocycles. The van der Waals surface area contributed by atoms with Crippen LogP contribution in [-0.2, 0) is 6.54 Å². The fourth-order valence-corrected chi connectivity index (χ4v) is 4.20. The van der Waals surface area contributed by atoms with Gasteiger partial charge in [0.2, 0.25) is 0 Å². The van der Waals surface area contributed by atoms with Gasteiger partial charge in [-0.2, -0.15) is 0 Å². The van der Waals surface area contributed by atoms with E-state index in [-0.39, 0.29) is 11.9 Å². The Kier molecular flexibility index (Phi) is 5.23. The van der Waals surface area contributed by atoms with Gasteiger partial charge >= 0.3 is 0 Å². The average Bonchev–Trinajstić information content (AvgIpc) is 3.51. The van der Waals surface area contributed by atoms with Gasteiger partial charge < -0.3 is 19.2 Å². The number of carbonyl (C=O) groups is 1. The Labute approximate surface area is 190 Å². The number of hydrogen-bond acceptors (Lipinski definition) is 9. The van der Waals surface area contributed by atoms with Crippen molar-refractivity contribution < 1.29 is 9.21 Å². The molecular weight excluding hydrogens is 422 g/mol. The first-order chi connectivity index (χ1) is 15.9. The summed E-state index contributed by atoms with van der Waals surface area (Å²) in [4.78, 5) is 41.3. The van der Waals surface area contributed by atoms with Crippen molar-refractivity contribution in [1.82, 2.24) is 39.4 Å². The van der Waals surface area contributed by atoms with Crippen LogP contribution in [0.25, 0.3) is 22.6 Å². The molecule has 170 valence electrons. The maximum Gasteiger partial charge on any atom is 0.276 e. The third kappa shape index (κ3) is 3.79. The zero-order valence-electron chi connectivity index (χ0n) is 19.0. The number of hydrogen-bond donors (Lipinski definition) is 1. The van der Waals surface area contributed by atoms with E-state index >= 15 is 0 Å². The second-order valence-electron chi connectivity index (χ2n) is 8.11. The quantitative estimate of drug-likeness (QED) is 0.491. The van der Waals surface area contributed by atoms with E-state index in [2.05, 4.69) is 30.2 Å². The van der Waals surface area contributed by atoms with E-state index in [1.807, 2.05) is 18.4 Å². The first kappa shape index (κ1) is 21.0. The minimum absolute atomic E-state index is 0.0401. The summed E-state index contributed by atoms with van der Waals surface area (Å²) < 4.78 is 7.45. The van der Waals surface area contributed by atoms with Gasteiger partial charge in [0.25, 0.3) is 5.91 Å². The molecule has 1 saturated heterocycles. The van der Waals surface area contributed by atoms with Gasteiger partial charge in [-0.15, -0.1) is 0 Å². The molecule has 0 saturated carbocycles. The predicted molar refractivity (Wildman–Crippen MR) is 121 cm³/mol. The van der Waals surface area contributed by atoms with Gasteiger partial charge in [-0.05, 0) is 27.2 Å². The number of fused-ring (bicyclic) bond motifs is 1. The number of anilines is 1. The summed E-state index contributed by atoms with van der Waals surface area (Å²) in [7, 11) is 0. The Morgan fingerprint density at radius 1 is 1.15 bits per heavy atom. The second-order valence-corrected chi connectivity index (χ2v) is 8.11. The van der Waals surface area contributed by atoms with Crippen molar-refractivity contribution in [1.29, 1.82) is 0 Å². The number of rotatable bonds is 5. The van der Waals surface area contributed by atoms with Crippen LogP contribution in [0.4, 0.5) is 5.82 Å². The fraction of sp³-hybridized carbons (Fsp3) is 0.409. The number of oxazole rings is 1. The molecule has 11 nitrogen and oxygen atoms in total. The van der Waals surface area contributed by atoms with Crippen LogP contribution >= 0.6 is 0 Å². The number of imidazole rings is 1. The fourth-order valence-electron chi connectivity index (χ4n) is 4.20. The summed E-state index contributed by atoms with van der Waals surface area (Å²) in [5.74, 6) is 3.03. The van der Waals surface area contributed by atoms with Crippen LogP contribution in [0.5, 0.6) is 0 Å². The molecule has 1 N–H and O–H groups in total. The van der Waals surface area contributed by atoms with E-state index in [0.717, 1.165) is 23.5 Å². The number of amides is 1. The van der Waals surface area contributed by atoms with Crippen LogP contribution < -0.4 is 5.32 Å². The lowest BCUT2D eigenvalue weighted by Crippen LogP contribution is -2.32. The van der Waals surface area contributed by atoms with Gasteiger partial charge in [-0.1, -0.05) is 0 Å². The number of aromatic nitrogens is 7. The normalized spacial score (nSPS) is 16.0. The van der Waals surface area contributed by atoms with Crippen molar-refractivity contribution in [2.45, 2.75) is 46.7 Å². The summed E-state index contributed by atoms with van der Waals surface area (Å²) >= 11 is 0. The van der Waals surface area contributed by atoms with Crippen LogP contribution in [0.15, 0.2) is 23.1 Å². The smallest absolute Gasteiger partial charge is 0.276 e. The minimum atomic E-state index is -0.113. The largest absolute Gasteiger partial charge is 0.445 e. The standard InChI is InChI=1S/C22H25N9O2/c1-5-31-20(15-8-23-13(3)24-9-15)29-18-19(25-11-26-21(18)31)28-16-6-7-30(10-16)22(32)17-12(2)33-14(4)27-17/h8-9,11,16H,5-7,10H2,1-4H3,(H,25,26,28)/t16-/m0/s1. The Hall–Kier alpha value is -3.89. The predicted octanol–water partition coefficient (Wildman–Crippen LogP) is 2.54. The molecule has 11 heteroatoms. The van der Waals surface area contributed by atoms with Crippen molar-refractivity contribution in [3.8, 4) is 11.4 Å². The number of aryl methyl sites for hydroxylation is 4. The topological polar surface area (TPSA) is 128 Å².